The SMILES string of the molecule is CCCCC/C=C\C/C=C\C/C=C\C/C=C\CCCC(=O)O.CCCCCC=CCC=CCC=CCC=CCCCC(=O)O. The van der Waals surface area contributed by atoms with Gasteiger partial charge in [-0.2, -0.15) is 0 Å². The third-order valence-electron chi connectivity index (χ3n) is 6.44. The number of carboxylic acids is 2. The molecule has 2 N–H and O–H groups in total. The molecule has 0 aromatic rings. The molecule has 44 heavy (non-hydrogen) atoms. The molecule has 0 heterocycles. The van der Waals surface area contributed by atoms with E-state index in [1.54, 1.807) is 0 Å². The van der Waals surface area contributed by atoms with Crippen LogP contribution in [0.25, 0.3) is 0 Å². The Kier molecular flexibility index (Phi) is 38.9. The van der Waals surface area contributed by atoms with Crippen LogP contribution < -0.4 is 0 Å². The number of hydrogen-bond acceptors (Lipinski definition) is 2. The number of unbranched alkanes of at least 4 members (excludes halogenated alkanes) is 8. The molecule has 0 atom stereocenters. The van der Waals surface area contributed by atoms with Crippen LogP contribution in [0.2, 0.25) is 0 Å². The van der Waals surface area contributed by atoms with Gasteiger partial charge < -0.3 is 10.2 Å². The summed E-state index contributed by atoms with van der Waals surface area (Å²) in [5.41, 5.74) is 0. The highest BCUT2D eigenvalue weighted by Gasteiger charge is 1.93. The molecule has 0 spiro atoms. The molecule has 0 aromatic heterocycles. The van der Waals surface area contributed by atoms with E-state index in [1.165, 1.54) is 51.4 Å². The van der Waals surface area contributed by atoms with Gasteiger partial charge in [-0.25, -0.2) is 0 Å². The lowest BCUT2D eigenvalue weighted by atomic mass is 10.2. The van der Waals surface area contributed by atoms with Crippen molar-refractivity contribution in [2.45, 2.75) is 142 Å². The number of hydrogen-bond donors (Lipinski definition) is 2. The summed E-state index contributed by atoms with van der Waals surface area (Å²) in [7, 11) is 0. The van der Waals surface area contributed by atoms with Crippen LogP contribution in [-0.4, -0.2) is 22.2 Å². The van der Waals surface area contributed by atoms with Crippen molar-refractivity contribution in [1.29, 1.82) is 0 Å². The Balaban J connectivity index is 0. The molecule has 0 radical (unpaired) electrons. The zero-order chi connectivity index (χ0) is 32.6. The van der Waals surface area contributed by atoms with Crippen LogP contribution in [0.3, 0.4) is 0 Å². The minimum atomic E-state index is -0.712. The lowest BCUT2D eigenvalue weighted by Gasteiger charge is -1.90. The van der Waals surface area contributed by atoms with Gasteiger partial charge in [-0.05, 0) is 89.9 Å². The predicted octanol–water partition coefficient (Wildman–Crippen LogP) is 12.4. The average Bonchev–Trinajstić information content (AvgIpc) is 3.00. The lowest BCUT2D eigenvalue weighted by Crippen LogP contribution is -1.92. The maximum atomic E-state index is 10.3. The quantitative estimate of drug-likeness (QED) is 0.0684. The summed E-state index contributed by atoms with van der Waals surface area (Å²) in [6.45, 7) is 4.46. The third kappa shape index (κ3) is 45.8. The van der Waals surface area contributed by atoms with Crippen molar-refractivity contribution in [3.8, 4) is 0 Å². The molecular formula is C40H64O4. The second kappa shape index (κ2) is 39.9. The van der Waals surface area contributed by atoms with Gasteiger partial charge in [0.2, 0.25) is 0 Å². The molecule has 4 heteroatoms. The van der Waals surface area contributed by atoms with Crippen molar-refractivity contribution in [3.05, 3.63) is 97.2 Å². The fourth-order valence-corrected chi connectivity index (χ4v) is 3.86. The first-order valence-electron chi connectivity index (χ1n) is 17.2. The highest BCUT2D eigenvalue weighted by atomic mass is 16.4. The molecule has 0 aromatic carbocycles. The van der Waals surface area contributed by atoms with Crippen molar-refractivity contribution < 1.29 is 19.8 Å². The summed E-state index contributed by atoms with van der Waals surface area (Å²) in [5, 5.41) is 17.0. The van der Waals surface area contributed by atoms with Crippen LogP contribution >= 0.6 is 0 Å². The number of aliphatic carboxylic acids is 2. The Morgan fingerprint density at radius 3 is 0.818 bits per heavy atom. The average molecular weight is 609 g/mol. The lowest BCUT2D eigenvalue weighted by molar-refractivity contribution is -0.138. The Bertz CT molecular complexity index is 796. The summed E-state index contributed by atoms with van der Waals surface area (Å²) < 4.78 is 0. The van der Waals surface area contributed by atoms with E-state index in [0.717, 1.165) is 64.2 Å². The van der Waals surface area contributed by atoms with E-state index in [9.17, 15) is 9.59 Å². The maximum absolute atomic E-state index is 10.3. The molecule has 248 valence electrons. The molecule has 0 saturated heterocycles. The van der Waals surface area contributed by atoms with E-state index < -0.39 is 11.9 Å². The van der Waals surface area contributed by atoms with Crippen LogP contribution in [0.4, 0.5) is 0 Å². The van der Waals surface area contributed by atoms with E-state index in [-0.39, 0.29) is 12.8 Å². The van der Waals surface area contributed by atoms with Crippen LogP contribution in [-0.2, 0) is 9.59 Å². The third-order valence-corrected chi connectivity index (χ3v) is 6.44. The van der Waals surface area contributed by atoms with Crippen molar-refractivity contribution in [2.75, 3.05) is 0 Å². The molecule has 0 saturated carbocycles. The molecular weight excluding hydrogens is 544 g/mol. The van der Waals surface area contributed by atoms with Gasteiger partial charge in [-0.15, -0.1) is 0 Å². The van der Waals surface area contributed by atoms with Gasteiger partial charge >= 0.3 is 11.9 Å². The van der Waals surface area contributed by atoms with Gasteiger partial charge in [0.25, 0.3) is 0 Å². The minimum absolute atomic E-state index is 0.262. The molecule has 0 unspecified atom stereocenters. The molecule has 4 nitrogen and oxygen atoms in total. The zero-order valence-electron chi connectivity index (χ0n) is 28.1. The summed E-state index contributed by atoms with van der Waals surface area (Å²) >= 11 is 0. The van der Waals surface area contributed by atoms with Crippen molar-refractivity contribution in [1.82, 2.24) is 0 Å². The highest BCUT2D eigenvalue weighted by molar-refractivity contribution is 5.66. The second-order valence-corrected chi connectivity index (χ2v) is 10.7. The summed E-state index contributed by atoms with van der Waals surface area (Å²) in [5.74, 6) is -1.42. The van der Waals surface area contributed by atoms with Crippen LogP contribution in [0, 0.1) is 0 Å². The first-order valence-corrected chi connectivity index (χ1v) is 17.2. The highest BCUT2D eigenvalue weighted by Crippen LogP contribution is 2.03. The topological polar surface area (TPSA) is 74.6 Å². The number of carbonyl (C=O) groups is 2. The molecule has 0 aliphatic carbocycles. The van der Waals surface area contributed by atoms with Gasteiger partial charge in [-0.1, -0.05) is 137 Å². The first-order chi connectivity index (χ1) is 21.5. The number of allylic oxidation sites excluding steroid dienone is 16. The van der Waals surface area contributed by atoms with Gasteiger partial charge in [0.15, 0.2) is 0 Å². The molecule has 0 aliphatic rings. The Hall–Kier alpha value is -3.14. The summed E-state index contributed by atoms with van der Waals surface area (Å²) in [6, 6.07) is 0. The fraction of sp³-hybridized carbons (Fsp3) is 0.550. The molecule has 0 bridgehead atoms. The van der Waals surface area contributed by atoms with Gasteiger partial charge in [0.05, 0.1) is 0 Å². The van der Waals surface area contributed by atoms with Crippen molar-refractivity contribution in [2.24, 2.45) is 0 Å². The predicted molar refractivity (Wildman–Crippen MR) is 192 cm³/mol. The smallest absolute Gasteiger partial charge is 0.303 e. The monoisotopic (exact) mass is 608 g/mol. The Morgan fingerprint density at radius 2 is 0.591 bits per heavy atom. The first kappa shape index (κ1) is 43.0. The van der Waals surface area contributed by atoms with Gasteiger partial charge in [0, 0.05) is 12.8 Å². The molecule has 0 rings (SSSR count). The van der Waals surface area contributed by atoms with Crippen molar-refractivity contribution in [3.63, 3.8) is 0 Å². The van der Waals surface area contributed by atoms with Crippen LogP contribution in [0.1, 0.15) is 142 Å². The van der Waals surface area contributed by atoms with E-state index >= 15 is 0 Å². The van der Waals surface area contributed by atoms with Gasteiger partial charge in [0.1, 0.15) is 0 Å². The molecule has 0 fully saturated rings. The fourth-order valence-electron chi connectivity index (χ4n) is 3.86. The number of carboxylic acid groups (broad SMARTS) is 2. The van der Waals surface area contributed by atoms with E-state index in [4.69, 9.17) is 10.2 Å². The Morgan fingerprint density at radius 1 is 0.364 bits per heavy atom. The van der Waals surface area contributed by atoms with Crippen LogP contribution in [0.15, 0.2) is 97.2 Å². The summed E-state index contributed by atoms with van der Waals surface area (Å²) in [6.07, 6.45) is 54.7. The second-order valence-electron chi connectivity index (χ2n) is 10.7. The van der Waals surface area contributed by atoms with Crippen molar-refractivity contribution >= 4 is 11.9 Å². The standard InChI is InChI=1S/2C20H32O2/c2*1-2-3-4-5-6-7-8-9-10-11-12-13-14-15-16-17-18-19-20(21)22/h2*6-7,9-10,12-13,15-16H,2-5,8,11,14,17-19H2,1H3,(H,21,22)/b7-6-,10-9-,13-12-,16-15-;. The van der Waals surface area contributed by atoms with Gasteiger partial charge in [-0.3, -0.25) is 9.59 Å². The largest absolute Gasteiger partial charge is 0.481 e. The van der Waals surface area contributed by atoms with E-state index in [1.807, 2.05) is 0 Å². The van der Waals surface area contributed by atoms with E-state index in [0.29, 0.717) is 0 Å². The van der Waals surface area contributed by atoms with Crippen LogP contribution in [0.5, 0.6) is 0 Å². The minimum Gasteiger partial charge on any atom is -0.481 e. The summed E-state index contributed by atoms with van der Waals surface area (Å²) in [4.78, 5) is 20.6. The molecule has 0 amide bonds. The zero-order valence-corrected chi connectivity index (χ0v) is 28.1. The maximum Gasteiger partial charge on any atom is 0.303 e. The molecule has 0 aliphatic heterocycles. The number of rotatable bonds is 28. The van der Waals surface area contributed by atoms with E-state index in [2.05, 4.69) is 111 Å². The Labute approximate surface area is 270 Å². The normalized spacial score (nSPS) is 12.4.